The van der Waals surface area contributed by atoms with E-state index in [4.69, 9.17) is 4.74 Å². The molecule has 2 heterocycles. The van der Waals surface area contributed by atoms with Crippen LogP contribution in [0.15, 0.2) is 12.4 Å². The Bertz CT molecular complexity index is 422. The van der Waals surface area contributed by atoms with Gasteiger partial charge in [0.2, 0.25) is 0 Å². The number of aryl methyl sites for hydroxylation is 1. The second kappa shape index (κ2) is 5.10. The summed E-state index contributed by atoms with van der Waals surface area (Å²) >= 11 is 0. The summed E-state index contributed by atoms with van der Waals surface area (Å²) < 4.78 is 7.35. The van der Waals surface area contributed by atoms with E-state index in [9.17, 15) is 4.79 Å². The van der Waals surface area contributed by atoms with Gasteiger partial charge in [-0.05, 0) is 31.7 Å². The number of aromatic nitrogens is 2. The van der Waals surface area contributed by atoms with Crippen LogP contribution in [0, 0.1) is 0 Å². The van der Waals surface area contributed by atoms with Crippen LogP contribution < -0.4 is 0 Å². The maximum absolute atomic E-state index is 12.3. The number of likely N-dealkylation sites (N-methyl/N-ethyl adjacent to an activating group) is 1. The molecular formula is C13H21N3O2. The summed E-state index contributed by atoms with van der Waals surface area (Å²) in [5.74, 6) is 0.0869. The Hall–Kier alpha value is -1.36. The van der Waals surface area contributed by atoms with Crippen LogP contribution in [0.25, 0.3) is 0 Å². The van der Waals surface area contributed by atoms with Crippen molar-refractivity contribution in [3.63, 3.8) is 0 Å². The summed E-state index contributed by atoms with van der Waals surface area (Å²) in [6, 6.07) is 0. The number of carbonyl (C=O) groups is 1. The van der Waals surface area contributed by atoms with E-state index in [1.54, 1.807) is 9.58 Å². The van der Waals surface area contributed by atoms with Crippen LogP contribution in [0.3, 0.4) is 0 Å². The van der Waals surface area contributed by atoms with E-state index in [0.29, 0.717) is 13.2 Å². The van der Waals surface area contributed by atoms with Crippen LogP contribution in [-0.4, -0.2) is 46.4 Å². The summed E-state index contributed by atoms with van der Waals surface area (Å²) in [5.41, 5.74) is 0.540. The molecule has 5 heteroatoms. The quantitative estimate of drug-likeness (QED) is 0.801. The van der Waals surface area contributed by atoms with Crippen LogP contribution in [-0.2, 0) is 23.0 Å². The Kier molecular flexibility index (Phi) is 3.71. The predicted octanol–water partition coefficient (Wildman–Crippen LogP) is 0.990. The molecule has 0 aromatic carbocycles. The van der Waals surface area contributed by atoms with Crippen molar-refractivity contribution < 1.29 is 9.53 Å². The summed E-state index contributed by atoms with van der Waals surface area (Å²) in [5, 5.41) is 4.12. The lowest BCUT2D eigenvalue weighted by Crippen LogP contribution is -2.45. The lowest BCUT2D eigenvalue weighted by Gasteiger charge is -2.28. The van der Waals surface area contributed by atoms with Crippen molar-refractivity contribution in [2.45, 2.75) is 31.8 Å². The van der Waals surface area contributed by atoms with E-state index in [1.807, 2.05) is 33.4 Å². The number of ether oxygens (including phenoxy) is 1. The predicted molar refractivity (Wildman–Crippen MR) is 68.1 cm³/mol. The van der Waals surface area contributed by atoms with Crippen molar-refractivity contribution in [2.75, 3.05) is 20.2 Å². The zero-order valence-electron chi connectivity index (χ0n) is 11.3. The van der Waals surface area contributed by atoms with Gasteiger partial charge in [-0.25, -0.2) is 0 Å². The Labute approximate surface area is 108 Å². The number of amides is 1. The highest BCUT2D eigenvalue weighted by Gasteiger charge is 2.39. The molecular weight excluding hydrogens is 230 g/mol. The first-order valence-electron chi connectivity index (χ1n) is 6.38. The summed E-state index contributed by atoms with van der Waals surface area (Å²) in [6.45, 7) is 3.28. The highest BCUT2D eigenvalue weighted by Crippen LogP contribution is 2.26. The van der Waals surface area contributed by atoms with Crippen LogP contribution >= 0.6 is 0 Å². The normalized spacial score (nSPS) is 23.3. The average molecular weight is 251 g/mol. The molecule has 1 atom stereocenters. The van der Waals surface area contributed by atoms with Gasteiger partial charge in [0.1, 0.15) is 5.60 Å². The van der Waals surface area contributed by atoms with Gasteiger partial charge in [0, 0.05) is 33.4 Å². The van der Waals surface area contributed by atoms with Gasteiger partial charge in [-0.3, -0.25) is 9.48 Å². The smallest absolute Gasteiger partial charge is 0.254 e. The van der Waals surface area contributed by atoms with Crippen molar-refractivity contribution >= 4 is 5.91 Å². The average Bonchev–Trinajstić information content (AvgIpc) is 2.95. The molecule has 1 aromatic rings. The number of rotatable bonds is 4. The lowest BCUT2D eigenvalue weighted by molar-refractivity contribution is -0.149. The third-order valence-electron chi connectivity index (χ3n) is 3.51. The largest absolute Gasteiger partial charge is 0.365 e. The second-order valence-electron chi connectivity index (χ2n) is 5.18. The molecule has 1 aromatic heterocycles. The first-order chi connectivity index (χ1) is 8.51. The molecule has 18 heavy (non-hydrogen) atoms. The summed E-state index contributed by atoms with van der Waals surface area (Å²) in [4.78, 5) is 14.0. The van der Waals surface area contributed by atoms with Gasteiger partial charge in [-0.15, -0.1) is 0 Å². The van der Waals surface area contributed by atoms with Crippen molar-refractivity contribution in [3.05, 3.63) is 18.0 Å². The van der Waals surface area contributed by atoms with E-state index < -0.39 is 5.60 Å². The minimum Gasteiger partial charge on any atom is -0.365 e. The molecule has 1 amide bonds. The molecule has 0 saturated carbocycles. The Balaban J connectivity index is 1.87. The number of hydrogen-bond acceptors (Lipinski definition) is 3. The van der Waals surface area contributed by atoms with Gasteiger partial charge in [0.15, 0.2) is 0 Å². The maximum Gasteiger partial charge on any atom is 0.254 e. The fraction of sp³-hybridized carbons (Fsp3) is 0.692. The Morgan fingerprint density at radius 3 is 3.00 bits per heavy atom. The highest BCUT2D eigenvalue weighted by atomic mass is 16.5. The molecule has 0 spiro atoms. The van der Waals surface area contributed by atoms with Crippen LogP contribution in [0.4, 0.5) is 0 Å². The molecule has 0 N–H and O–H groups in total. The maximum atomic E-state index is 12.3. The molecule has 0 aliphatic carbocycles. The summed E-state index contributed by atoms with van der Waals surface area (Å²) in [7, 11) is 3.73. The van der Waals surface area contributed by atoms with E-state index in [-0.39, 0.29) is 5.91 Å². The number of hydrogen-bond donors (Lipinski definition) is 0. The van der Waals surface area contributed by atoms with E-state index >= 15 is 0 Å². The molecule has 1 aliphatic rings. The molecule has 5 nitrogen and oxygen atoms in total. The minimum absolute atomic E-state index is 0.0869. The SMILES string of the molecule is CN(CCc1cnn(C)c1)C(=O)[C@@]1(C)CCCO1. The lowest BCUT2D eigenvalue weighted by atomic mass is 10.0. The molecule has 0 unspecified atom stereocenters. The molecule has 100 valence electrons. The Morgan fingerprint density at radius 2 is 2.44 bits per heavy atom. The third kappa shape index (κ3) is 2.72. The number of nitrogens with zero attached hydrogens (tertiary/aromatic N) is 3. The minimum atomic E-state index is -0.607. The van der Waals surface area contributed by atoms with Gasteiger partial charge in [0.05, 0.1) is 6.20 Å². The Morgan fingerprint density at radius 1 is 1.67 bits per heavy atom. The van der Waals surface area contributed by atoms with E-state index in [1.165, 1.54) is 0 Å². The molecule has 1 fully saturated rings. The van der Waals surface area contributed by atoms with Crippen LogP contribution in [0.1, 0.15) is 25.3 Å². The third-order valence-corrected chi connectivity index (χ3v) is 3.51. The molecule has 0 radical (unpaired) electrons. The fourth-order valence-corrected chi connectivity index (χ4v) is 2.35. The van der Waals surface area contributed by atoms with Crippen molar-refractivity contribution in [1.82, 2.24) is 14.7 Å². The van der Waals surface area contributed by atoms with Gasteiger partial charge in [-0.1, -0.05) is 0 Å². The topological polar surface area (TPSA) is 47.4 Å². The molecule has 1 saturated heterocycles. The van der Waals surface area contributed by atoms with Gasteiger partial charge < -0.3 is 9.64 Å². The molecule has 2 rings (SSSR count). The standard InChI is InChI=1S/C13H21N3O2/c1-13(6-4-8-18-13)12(17)15(2)7-5-11-9-14-16(3)10-11/h9-10H,4-8H2,1-3H3/t13-/m1/s1. The second-order valence-corrected chi connectivity index (χ2v) is 5.18. The highest BCUT2D eigenvalue weighted by molar-refractivity contribution is 5.84. The van der Waals surface area contributed by atoms with E-state index in [0.717, 1.165) is 24.8 Å². The molecule has 0 bridgehead atoms. The van der Waals surface area contributed by atoms with Crippen molar-refractivity contribution in [2.24, 2.45) is 7.05 Å². The van der Waals surface area contributed by atoms with Gasteiger partial charge >= 0.3 is 0 Å². The van der Waals surface area contributed by atoms with Gasteiger partial charge in [0.25, 0.3) is 5.91 Å². The van der Waals surface area contributed by atoms with Crippen LogP contribution in [0.5, 0.6) is 0 Å². The first kappa shape index (κ1) is 13.1. The molecule has 1 aliphatic heterocycles. The zero-order chi connectivity index (χ0) is 13.2. The monoisotopic (exact) mass is 251 g/mol. The fourth-order valence-electron chi connectivity index (χ4n) is 2.35. The van der Waals surface area contributed by atoms with E-state index in [2.05, 4.69) is 5.10 Å². The number of carbonyl (C=O) groups excluding carboxylic acids is 1. The van der Waals surface area contributed by atoms with Crippen molar-refractivity contribution in [3.8, 4) is 0 Å². The first-order valence-corrected chi connectivity index (χ1v) is 6.38. The van der Waals surface area contributed by atoms with Crippen LogP contribution in [0.2, 0.25) is 0 Å². The zero-order valence-corrected chi connectivity index (χ0v) is 11.3. The van der Waals surface area contributed by atoms with Crippen molar-refractivity contribution in [1.29, 1.82) is 0 Å². The van der Waals surface area contributed by atoms with Gasteiger partial charge in [-0.2, -0.15) is 5.10 Å². The summed E-state index contributed by atoms with van der Waals surface area (Å²) in [6.07, 6.45) is 6.44.